The van der Waals surface area contributed by atoms with E-state index >= 15 is 0 Å². The second kappa shape index (κ2) is 6.62. The lowest BCUT2D eigenvalue weighted by molar-refractivity contribution is -0.192. The summed E-state index contributed by atoms with van der Waals surface area (Å²) in [4.78, 5) is 8.90. The Morgan fingerprint density at radius 1 is 1.27 bits per heavy atom. The smallest absolute Gasteiger partial charge is 0.475 e. The summed E-state index contributed by atoms with van der Waals surface area (Å²) in [5.41, 5.74) is 0. The number of carbonyl (C=O) groups is 1. The molecule has 0 spiro atoms. The molecule has 0 aromatic carbocycles. The van der Waals surface area contributed by atoms with E-state index in [0.29, 0.717) is 0 Å². The lowest BCUT2D eigenvalue weighted by atomic mass is 10.2. The topological polar surface area (TPSA) is 69.6 Å². The SMILES string of the molecule is O=C(O)C(F)(F)F.OC1CCCNCC1. The number of carboxylic acids is 1. The van der Waals surface area contributed by atoms with Crippen LogP contribution in [0.1, 0.15) is 19.3 Å². The fraction of sp³-hybridized carbons (Fsp3) is 0.875. The van der Waals surface area contributed by atoms with Crippen molar-refractivity contribution in [1.82, 2.24) is 5.32 Å². The highest BCUT2D eigenvalue weighted by Gasteiger charge is 2.38. The minimum atomic E-state index is -5.08. The number of aliphatic carboxylic acids is 1. The standard InChI is InChI=1S/C6H13NO.C2HF3O2/c8-6-2-1-4-7-5-3-6;3-2(4,5)1(6)7/h6-8H,1-5H2;(H,6,7). The number of hydrogen-bond donors (Lipinski definition) is 3. The van der Waals surface area contributed by atoms with Crippen LogP contribution in [0.2, 0.25) is 0 Å². The molecule has 90 valence electrons. The Morgan fingerprint density at radius 3 is 2.27 bits per heavy atom. The highest BCUT2D eigenvalue weighted by atomic mass is 19.4. The number of halogens is 3. The second-order valence-electron chi connectivity index (χ2n) is 3.14. The summed E-state index contributed by atoms with van der Waals surface area (Å²) in [6.07, 6.45) is -2.08. The Hall–Kier alpha value is -0.820. The van der Waals surface area contributed by atoms with Crippen LogP contribution in [0.3, 0.4) is 0 Å². The predicted molar refractivity (Wildman–Crippen MR) is 46.4 cm³/mol. The first-order valence-electron chi connectivity index (χ1n) is 4.53. The minimum absolute atomic E-state index is 0.0370. The number of nitrogens with one attached hydrogen (secondary N) is 1. The number of alkyl halides is 3. The molecule has 0 aromatic rings. The number of aliphatic hydroxyl groups excluding tert-OH is 1. The Labute approximate surface area is 85.1 Å². The van der Waals surface area contributed by atoms with Gasteiger partial charge in [-0.15, -0.1) is 0 Å². The molecule has 0 bridgehead atoms. The molecule has 0 saturated carbocycles. The van der Waals surface area contributed by atoms with Gasteiger partial charge in [-0.25, -0.2) is 4.79 Å². The Balaban J connectivity index is 0.000000265. The molecule has 7 heteroatoms. The van der Waals surface area contributed by atoms with Crippen molar-refractivity contribution in [3.05, 3.63) is 0 Å². The van der Waals surface area contributed by atoms with Crippen molar-refractivity contribution in [3.8, 4) is 0 Å². The molecule has 15 heavy (non-hydrogen) atoms. The Bertz CT molecular complexity index is 188. The molecule has 0 aliphatic carbocycles. The Morgan fingerprint density at radius 2 is 1.80 bits per heavy atom. The first-order valence-corrected chi connectivity index (χ1v) is 4.53. The van der Waals surface area contributed by atoms with E-state index in [1.54, 1.807) is 0 Å². The first kappa shape index (κ1) is 14.2. The van der Waals surface area contributed by atoms with Gasteiger partial charge in [0.2, 0.25) is 0 Å². The number of hydrogen-bond acceptors (Lipinski definition) is 3. The van der Waals surface area contributed by atoms with Crippen LogP contribution >= 0.6 is 0 Å². The van der Waals surface area contributed by atoms with Crippen LogP contribution in [0, 0.1) is 0 Å². The lowest BCUT2D eigenvalue weighted by Crippen LogP contribution is -2.21. The van der Waals surface area contributed by atoms with Gasteiger partial charge in [0, 0.05) is 0 Å². The summed E-state index contributed by atoms with van der Waals surface area (Å²) in [5.74, 6) is -2.76. The molecule has 1 fully saturated rings. The molecular formula is C8H14F3NO3. The van der Waals surface area contributed by atoms with Crippen molar-refractivity contribution in [2.75, 3.05) is 13.1 Å². The van der Waals surface area contributed by atoms with Crippen molar-refractivity contribution in [2.24, 2.45) is 0 Å². The van der Waals surface area contributed by atoms with Crippen molar-refractivity contribution in [1.29, 1.82) is 0 Å². The fourth-order valence-corrected chi connectivity index (χ4v) is 1.00. The van der Waals surface area contributed by atoms with Crippen molar-refractivity contribution < 1.29 is 28.2 Å². The van der Waals surface area contributed by atoms with Gasteiger partial charge in [0.25, 0.3) is 0 Å². The molecule has 0 amide bonds. The van der Waals surface area contributed by atoms with Gasteiger partial charge < -0.3 is 15.5 Å². The summed E-state index contributed by atoms with van der Waals surface area (Å²) in [6, 6.07) is 0. The fourth-order valence-electron chi connectivity index (χ4n) is 1.00. The monoisotopic (exact) mass is 229 g/mol. The van der Waals surface area contributed by atoms with Gasteiger partial charge in [-0.2, -0.15) is 13.2 Å². The first-order chi connectivity index (χ1) is 6.84. The largest absolute Gasteiger partial charge is 0.490 e. The molecule has 1 heterocycles. The lowest BCUT2D eigenvalue weighted by Gasteiger charge is -2.01. The summed E-state index contributed by atoms with van der Waals surface area (Å²) < 4.78 is 31.7. The van der Waals surface area contributed by atoms with Crippen LogP contribution in [-0.2, 0) is 4.79 Å². The van der Waals surface area contributed by atoms with E-state index in [4.69, 9.17) is 15.0 Å². The third-order valence-electron chi connectivity index (χ3n) is 1.79. The summed E-state index contributed by atoms with van der Waals surface area (Å²) >= 11 is 0. The van der Waals surface area contributed by atoms with E-state index in [1.807, 2.05) is 0 Å². The van der Waals surface area contributed by atoms with Crippen LogP contribution in [0.25, 0.3) is 0 Å². The number of aliphatic hydroxyl groups is 1. The minimum Gasteiger partial charge on any atom is -0.475 e. The molecule has 0 radical (unpaired) electrons. The molecule has 1 atom stereocenters. The highest BCUT2D eigenvalue weighted by Crippen LogP contribution is 2.13. The maximum Gasteiger partial charge on any atom is 0.490 e. The van der Waals surface area contributed by atoms with Crippen molar-refractivity contribution >= 4 is 5.97 Å². The van der Waals surface area contributed by atoms with Crippen LogP contribution in [0.15, 0.2) is 0 Å². The molecule has 1 rings (SSSR count). The van der Waals surface area contributed by atoms with Gasteiger partial charge in [-0.1, -0.05) is 0 Å². The predicted octanol–water partition coefficient (Wildman–Crippen LogP) is 0.754. The number of carboxylic acid groups (broad SMARTS) is 1. The van der Waals surface area contributed by atoms with E-state index in [1.165, 1.54) is 0 Å². The Kier molecular flexibility index (Phi) is 6.26. The molecule has 1 unspecified atom stereocenters. The average Bonchev–Trinajstić information content (AvgIpc) is 2.32. The number of rotatable bonds is 0. The third kappa shape index (κ3) is 8.19. The van der Waals surface area contributed by atoms with Gasteiger partial charge in [-0.05, 0) is 32.4 Å². The zero-order valence-corrected chi connectivity index (χ0v) is 8.05. The van der Waals surface area contributed by atoms with Gasteiger partial charge in [-0.3, -0.25) is 0 Å². The maximum absolute atomic E-state index is 10.6. The van der Waals surface area contributed by atoms with Crippen molar-refractivity contribution in [2.45, 2.75) is 31.5 Å². The molecule has 0 aromatic heterocycles. The quantitative estimate of drug-likeness (QED) is 0.573. The van der Waals surface area contributed by atoms with E-state index in [2.05, 4.69) is 5.32 Å². The normalized spacial score (nSPS) is 22.3. The zero-order valence-electron chi connectivity index (χ0n) is 8.05. The zero-order chi connectivity index (χ0) is 11.9. The molecule has 1 aliphatic heterocycles. The van der Waals surface area contributed by atoms with Gasteiger partial charge in [0.05, 0.1) is 6.10 Å². The van der Waals surface area contributed by atoms with Crippen molar-refractivity contribution in [3.63, 3.8) is 0 Å². The summed E-state index contributed by atoms with van der Waals surface area (Å²) in [6.45, 7) is 2.07. The van der Waals surface area contributed by atoms with E-state index < -0.39 is 12.1 Å². The average molecular weight is 229 g/mol. The summed E-state index contributed by atoms with van der Waals surface area (Å²) in [7, 11) is 0. The molecular weight excluding hydrogens is 215 g/mol. The van der Waals surface area contributed by atoms with Gasteiger partial charge in [0.1, 0.15) is 0 Å². The van der Waals surface area contributed by atoms with Crippen LogP contribution in [-0.4, -0.2) is 41.6 Å². The van der Waals surface area contributed by atoms with E-state index in [9.17, 15) is 13.2 Å². The molecule has 3 N–H and O–H groups in total. The van der Waals surface area contributed by atoms with Crippen LogP contribution in [0.5, 0.6) is 0 Å². The van der Waals surface area contributed by atoms with E-state index in [-0.39, 0.29) is 6.10 Å². The molecule has 1 saturated heterocycles. The molecule has 1 aliphatic rings. The van der Waals surface area contributed by atoms with Crippen LogP contribution in [0.4, 0.5) is 13.2 Å². The van der Waals surface area contributed by atoms with Gasteiger partial charge >= 0.3 is 12.1 Å². The van der Waals surface area contributed by atoms with E-state index in [0.717, 1.165) is 32.4 Å². The van der Waals surface area contributed by atoms with Gasteiger partial charge in [0.15, 0.2) is 0 Å². The maximum atomic E-state index is 10.6. The molecule has 4 nitrogen and oxygen atoms in total. The van der Waals surface area contributed by atoms with Crippen LogP contribution < -0.4 is 5.32 Å². The third-order valence-corrected chi connectivity index (χ3v) is 1.79. The summed E-state index contributed by atoms with van der Waals surface area (Å²) in [5, 5.41) is 19.4. The second-order valence-corrected chi connectivity index (χ2v) is 3.14. The highest BCUT2D eigenvalue weighted by molar-refractivity contribution is 5.73.